The van der Waals surface area contributed by atoms with Gasteiger partial charge in [0.05, 0.1) is 22.4 Å². The summed E-state index contributed by atoms with van der Waals surface area (Å²) in [5.41, 5.74) is 21.2. The van der Waals surface area contributed by atoms with E-state index in [0.29, 0.717) is 5.82 Å². The maximum atomic E-state index is 13.1. The molecule has 7 N–H and O–H groups in total. The number of rotatable bonds is 5. The molecule has 220 valence electrons. The number of aldehydes is 1. The van der Waals surface area contributed by atoms with Gasteiger partial charge in [0.1, 0.15) is 11.3 Å². The van der Waals surface area contributed by atoms with Gasteiger partial charge in [-0.05, 0) is 78.9 Å². The standard InChI is InChI=1S/C23H19N7.C8H7FN2O3/c24-21-18(6-2-11-25-21)22-27-19-9-10-20(29-13-3-12-26-29)28-23(19)30(22)17-8-7-15-4-1-5-16(15)14-17;9-5-6(10)4(8(11)14)1-3(2-12)7(5)13/h2-3,6-14H,1,4-5H2,(H2,24,25);1-2,13H,10H2,(H2,11,14). The summed E-state index contributed by atoms with van der Waals surface area (Å²) in [6.07, 6.45) is 8.96. The highest BCUT2D eigenvalue weighted by atomic mass is 19.1. The number of nitrogens with zero attached hydrogens (tertiary/aromatic N) is 6. The number of nitrogen functional groups attached to an aromatic ring is 2. The van der Waals surface area contributed by atoms with Crippen LogP contribution in [0.5, 0.6) is 5.75 Å². The van der Waals surface area contributed by atoms with E-state index in [9.17, 15) is 14.0 Å². The maximum Gasteiger partial charge on any atom is 0.250 e. The highest BCUT2D eigenvalue weighted by Crippen LogP contribution is 2.33. The van der Waals surface area contributed by atoms with Crippen molar-refractivity contribution in [2.45, 2.75) is 19.3 Å². The maximum absolute atomic E-state index is 13.1. The van der Waals surface area contributed by atoms with Crippen LogP contribution in [0.25, 0.3) is 34.1 Å². The van der Waals surface area contributed by atoms with Crippen molar-refractivity contribution in [1.29, 1.82) is 0 Å². The lowest BCUT2D eigenvalue weighted by atomic mass is 10.1. The van der Waals surface area contributed by atoms with Gasteiger partial charge in [0.25, 0.3) is 5.91 Å². The van der Waals surface area contributed by atoms with E-state index in [1.807, 2.05) is 36.5 Å². The van der Waals surface area contributed by atoms with Crippen molar-refractivity contribution >= 4 is 34.9 Å². The van der Waals surface area contributed by atoms with E-state index in [1.165, 1.54) is 17.5 Å². The lowest BCUT2D eigenvalue weighted by Gasteiger charge is -2.12. The predicted octanol–water partition coefficient (Wildman–Crippen LogP) is 3.76. The second-order valence-electron chi connectivity index (χ2n) is 10.0. The Kier molecular flexibility index (Phi) is 7.19. The van der Waals surface area contributed by atoms with E-state index < -0.39 is 23.2 Å². The molecule has 2 aromatic carbocycles. The first-order valence-corrected chi connectivity index (χ1v) is 13.5. The Balaban J connectivity index is 0.000000208. The molecule has 12 nitrogen and oxygen atoms in total. The molecule has 0 unspecified atom stereocenters. The highest BCUT2D eigenvalue weighted by Gasteiger charge is 2.21. The normalized spacial score (nSPS) is 12.0. The van der Waals surface area contributed by atoms with E-state index >= 15 is 0 Å². The Morgan fingerprint density at radius 3 is 2.55 bits per heavy atom. The largest absolute Gasteiger partial charge is 0.504 e. The Morgan fingerprint density at radius 1 is 1.00 bits per heavy atom. The van der Waals surface area contributed by atoms with Crippen LogP contribution in [0, 0.1) is 5.82 Å². The zero-order valence-electron chi connectivity index (χ0n) is 23.2. The van der Waals surface area contributed by atoms with Gasteiger partial charge in [-0.3, -0.25) is 14.2 Å². The number of imidazole rings is 1. The van der Waals surface area contributed by atoms with E-state index in [2.05, 4.69) is 32.8 Å². The summed E-state index contributed by atoms with van der Waals surface area (Å²) in [4.78, 5) is 35.1. The van der Waals surface area contributed by atoms with Gasteiger partial charge < -0.3 is 22.3 Å². The number of carbonyl (C=O) groups is 2. The van der Waals surface area contributed by atoms with E-state index in [-0.39, 0.29) is 17.4 Å². The fourth-order valence-corrected chi connectivity index (χ4v) is 5.18. The number of nitrogens with two attached hydrogens (primary N) is 3. The number of pyridine rings is 2. The van der Waals surface area contributed by atoms with Gasteiger partial charge in [-0.2, -0.15) is 5.10 Å². The number of aromatic hydroxyl groups is 1. The number of fused-ring (bicyclic) bond motifs is 2. The molecule has 1 aliphatic carbocycles. The van der Waals surface area contributed by atoms with Crippen molar-refractivity contribution in [3.8, 4) is 28.6 Å². The zero-order chi connectivity index (χ0) is 31.0. The van der Waals surface area contributed by atoms with Crippen molar-refractivity contribution in [2.75, 3.05) is 11.5 Å². The molecule has 0 atom stereocenters. The quantitative estimate of drug-likeness (QED) is 0.170. The van der Waals surface area contributed by atoms with Gasteiger partial charge in [0.2, 0.25) is 0 Å². The number of hydrogen-bond donors (Lipinski definition) is 4. The average molecular weight is 592 g/mol. The summed E-state index contributed by atoms with van der Waals surface area (Å²) in [5, 5.41) is 13.4. The van der Waals surface area contributed by atoms with E-state index in [0.717, 1.165) is 53.0 Å². The minimum Gasteiger partial charge on any atom is -0.504 e. The molecule has 13 heteroatoms. The molecular formula is C31H26FN9O3. The first kappa shape index (κ1) is 28.0. The van der Waals surface area contributed by atoms with Crippen molar-refractivity contribution in [3.63, 3.8) is 0 Å². The number of aromatic nitrogens is 6. The van der Waals surface area contributed by atoms with Gasteiger partial charge in [-0.15, -0.1) is 0 Å². The lowest BCUT2D eigenvalue weighted by Crippen LogP contribution is -2.15. The molecular weight excluding hydrogens is 565 g/mol. The molecule has 4 heterocycles. The first-order chi connectivity index (χ1) is 21.3. The van der Waals surface area contributed by atoms with Crippen LogP contribution >= 0.6 is 0 Å². The third kappa shape index (κ3) is 4.96. The SMILES string of the molecule is NC(=O)c1cc(C=O)c(O)c(F)c1N.Nc1ncccc1-c1nc2ccc(-n3cccn3)nc2n1-c1ccc2c(c1)CCC2. The third-order valence-electron chi connectivity index (χ3n) is 7.35. The molecule has 0 aliphatic heterocycles. The summed E-state index contributed by atoms with van der Waals surface area (Å²) in [5.74, 6) is -1.16. The molecule has 0 bridgehead atoms. The fraction of sp³-hybridized carbons (Fsp3) is 0.0968. The number of halogens is 1. The van der Waals surface area contributed by atoms with Crippen LogP contribution in [0.3, 0.4) is 0 Å². The molecule has 6 aromatic rings. The third-order valence-corrected chi connectivity index (χ3v) is 7.35. The number of phenolic OH excluding ortho intramolecular Hbond substituents is 1. The Hall–Kier alpha value is -6.11. The molecule has 44 heavy (non-hydrogen) atoms. The monoisotopic (exact) mass is 591 g/mol. The molecule has 7 rings (SSSR count). The number of phenols is 1. The predicted molar refractivity (Wildman–Crippen MR) is 162 cm³/mol. The average Bonchev–Trinajstić information content (AvgIpc) is 3.80. The number of aryl methyl sites for hydroxylation is 2. The topological polar surface area (TPSA) is 194 Å². The van der Waals surface area contributed by atoms with Crippen LogP contribution in [0.1, 0.15) is 38.3 Å². The van der Waals surface area contributed by atoms with Crippen LogP contribution < -0.4 is 17.2 Å². The molecule has 0 spiro atoms. The number of carbonyl (C=O) groups excluding carboxylic acids is 2. The van der Waals surface area contributed by atoms with Crippen LogP contribution in [-0.2, 0) is 12.8 Å². The molecule has 0 saturated carbocycles. The van der Waals surface area contributed by atoms with Crippen molar-refractivity contribution in [1.82, 2.24) is 29.3 Å². The molecule has 1 amide bonds. The highest BCUT2D eigenvalue weighted by molar-refractivity contribution is 6.00. The smallest absolute Gasteiger partial charge is 0.250 e. The Morgan fingerprint density at radius 2 is 1.82 bits per heavy atom. The number of amides is 1. The Labute approximate surface area is 249 Å². The summed E-state index contributed by atoms with van der Waals surface area (Å²) < 4.78 is 16.9. The van der Waals surface area contributed by atoms with Gasteiger partial charge >= 0.3 is 0 Å². The van der Waals surface area contributed by atoms with Gasteiger partial charge in [-0.1, -0.05) is 6.07 Å². The minimum absolute atomic E-state index is 0.199. The second kappa shape index (κ2) is 11.3. The summed E-state index contributed by atoms with van der Waals surface area (Å²) in [6.45, 7) is 0. The van der Waals surface area contributed by atoms with Crippen molar-refractivity contribution in [3.05, 3.63) is 101 Å². The second-order valence-corrected chi connectivity index (χ2v) is 10.0. The lowest BCUT2D eigenvalue weighted by molar-refractivity contribution is 0.100. The van der Waals surface area contributed by atoms with Crippen LogP contribution in [0.15, 0.2) is 73.2 Å². The Bertz CT molecular complexity index is 2060. The van der Waals surface area contributed by atoms with Crippen LogP contribution in [-0.4, -0.2) is 46.6 Å². The zero-order valence-corrected chi connectivity index (χ0v) is 23.2. The van der Waals surface area contributed by atoms with Crippen molar-refractivity contribution in [2.24, 2.45) is 5.73 Å². The molecule has 1 aliphatic rings. The number of anilines is 2. The van der Waals surface area contributed by atoms with Gasteiger partial charge in [-0.25, -0.2) is 24.0 Å². The van der Waals surface area contributed by atoms with E-state index in [4.69, 9.17) is 32.3 Å². The van der Waals surface area contributed by atoms with Crippen LogP contribution in [0.4, 0.5) is 15.9 Å². The van der Waals surface area contributed by atoms with Crippen LogP contribution in [0.2, 0.25) is 0 Å². The number of primary amides is 1. The molecule has 4 aromatic heterocycles. The molecule has 0 radical (unpaired) electrons. The fourth-order valence-electron chi connectivity index (χ4n) is 5.18. The summed E-state index contributed by atoms with van der Waals surface area (Å²) in [7, 11) is 0. The summed E-state index contributed by atoms with van der Waals surface area (Å²) in [6, 6.07) is 17.1. The number of hydrogen-bond acceptors (Lipinski definition) is 9. The summed E-state index contributed by atoms with van der Waals surface area (Å²) >= 11 is 0. The van der Waals surface area contributed by atoms with Gasteiger partial charge in [0, 0.05) is 24.3 Å². The molecule has 0 fully saturated rings. The van der Waals surface area contributed by atoms with E-state index in [1.54, 1.807) is 17.1 Å². The first-order valence-electron chi connectivity index (χ1n) is 13.5. The minimum atomic E-state index is -1.22. The van der Waals surface area contributed by atoms with Crippen molar-refractivity contribution < 1.29 is 19.1 Å². The molecule has 0 saturated heterocycles. The van der Waals surface area contributed by atoms with Gasteiger partial charge in [0.15, 0.2) is 35.1 Å². The number of benzene rings is 2.